The highest BCUT2D eigenvalue weighted by Gasteiger charge is 2.18. The first-order valence-electron chi connectivity index (χ1n) is 8.90. The second-order valence-corrected chi connectivity index (χ2v) is 8.80. The van der Waals surface area contributed by atoms with Gasteiger partial charge in [-0.05, 0) is 47.2 Å². The number of sulfonamides is 1. The monoisotopic (exact) mass is 428 g/mol. The van der Waals surface area contributed by atoms with E-state index in [-0.39, 0.29) is 16.2 Å². The van der Waals surface area contributed by atoms with Gasteiger partial charge in [-0.3, -0.25) is 4.79 Å². The Morgan fingerprint density at radius 3 is 2.20 bits per heavy atom. The van der Waals surface area contributed by atoms with E-state index in [1.165, 1.54) is 50.5 Å². The van der Waals surface area contributed by atoms with Crippen molar-refractivity contribution >= 4 is 38.4 Å². The molecule has 0 spiro atoms. The Kier molecular flexibility index (Phi) is 6.04. The number of phenols is 1. The smallest absolute Gasteiger partial charge is 0.342 e. The van der Waals surface area contributed by atoms with Crippen LogP contribution in [-0.2, 0) is 19.6 Å². The summed E-state index contributed by atoms with van der Waals surface area (Å²) in [4.78, 5) is 24.4. The van der Waals surface area contributed by atoms with Crippen molar-refractivity contribution in [3.63, 3.8) is 0 Å². The number of amides is 1. The molecule has 0 unspecified atom stereocenters. The van der Waals surface area contributed by atoms with Gasteiger partial charge in [0.15, 0.2) is 6.61 Å². The summed E-state index contributed by atoms with van der Waals surface area (Å²) in [6.07, 6.45) is 0. The third kappa shape index (κ3) is 4.58. The van der Waals surface area contributed by atoms with Gasteiger partial charge in [-0.1, -0.05) is 24.3 Å². The van der Waals surface area contributed by atoms with Crippen molar-refractivity contribution in [3.8, 4) is 5.75 Å². The van der Waals surface area contributed by atoms with E-state index in [0.29, 0.717) is 5.69 Å². The predicted molar refractivity (Wildman–Crippen MR) is 112 cm³/mol. The van der Waals surface area contributed by atoms with Gasteiger partial charge in [0.05, 0.1) is 4.90 Å². The van der Waals surface area contributed by atoms with Crippen LogP contribution in [0.5, 0.6) is 5.75 Å². The maximum absolute atomic E-state index is 12.3. The van der Waals surface area contributed by atoms with Crippen LogP contribution >= 0.6 is 0 Å². The standard InChI is InChI=1S/C21H20N2O6S/c1-23(2)30(27,28)17-9-7-16(8-10-17)22-20(25)13-29-21(26)18-11-14-5-3-4-6-15(14)12-19(18)24/h3-12,24H,13H2,1-2H3,(H,22,25). The summed E-state index contributed by atoms with van der Waals surface area (Å²) < 4.78 is 30.2. The van der Waals surface area contributed by atoms with Gasteiger partial charge < -0.3 is 15.2 Å². The van der Waals surface area contributed by atoms with Crippen LogP contribution in [-0.4, -0.2) is 50.4 Å². The zero-order chi connectivity index (χ0) is 21.9. The highest BCUT2D eigenvalue weighted by atomic mass is 32.2. The van der Waals surface area contributed by atoms with Crippen LogP contribution in [0.15, 0.2) is 65.6 Å². The highest BCUT2D eigenvalue weighted by Crippen LogP contribution is 2.25. The lowest BCUT2D eigenvalue weighted by molar-refractivity contribution is -0.119. The third-order valence-corrected chi connectivity index (χ3v) is 6.16. The van der Waals surface area contributed by atoms with Crippen molar-refractivity contribution < 1.29 is 27.9 Å². The van der Waals surface area contributed by atoms with E-state index in [1.807, 2.05) is 6.07 Å². The number of esters is 1. The number of carbonyl (C=O) groups is 2. The Hall–Kier alpha value is -3.43. The molecule has 0 heterocycles. The van der Waals surface area contributed by atoms with Crippen LogP contribution in [0.3, 0.4) is 0 Å². The number of fused-ring (bicyclic) bond motifs is 1. The van der Waals surface area contributed by atoms with Crippen molar-refractivity contribution in [2.24, 2.45) is 0 Å². The van der Waals surface area contributed by atoms with Gasteiger partial charge in [0, 0.05) is 19.8 Å². The molecular weight excluding hydrogens is 408 g/mol. The SMILES string of the molecule is CN(C)S(=O)(=O)c1ccc(NC(=O)COC(=O)c2cc3ccccc3cc2O)cc1. The van der Waals surface area contributed by atoms with Gasteiger partial charge in [0.25, 0.3) is 5.91 Å². The molecule has 0 aromatic heterocycles. The quantitative estimate of drug-likeness (QED) is 0.584. The number of aromatic hydroxyl groups is 1. The summed E-state index contributed by atoms with van der Waals surface area (Å²) >= 11 is 0. The number of carbonyl (C=O) groups excluding carboxylic acids is 2. The lowest BCUT2D eigenvalue weighted by Crippen LogP contribution is -2.22. The molecule has 1 amide bonds. The molecule has 3 rings (SSSR count). The predicted octanol–water partition coefficient (Wildman–Crippen LogP) is 2.59. The van der Waals surface area contributed by atoms with E-state index in [4.69, 9.17) is 4.74 Å². The molecule has 0 aliphatic heterocycles. The summed E-state index contributed by atoms with van der Waals surface area (Å²) in [5.41, 5.74) is 0.307. The molecule has 0 aliphatic carbocycles. The Bertz CT molecular complexity index is 1200. The maximum Gasteiger partial charge on any atom is 0.342 e. The van der Waals surface area contributed by atoms with Gasteiger partial charge in [-0.2, -0.15) is 0 Å². The average molecular weight is 428 g/mol. The number of rotatable bonds is 6. The molecule has 0 fully saturated rings. The van der Waals surface area contributed by atoms with Crippen molar-refractivity contribution in [2.45, 2.75) is 4.90 Å². The second kappa shape index (κ2) is 8.52. The summed E-state index contributed by atoms with van der Waals surface area (Å²) in [5.74, 6) is -1.68. The molecule has 3 aromatic carbocycles. The highest BCUT2D eigenvalue weighted by molar-refractivity contribution is 7.89. The van der Waals surface area contributed by atoms with Gasteiger partial charge in [0.2, 0.25) is 10.0 Å². The first kappa shape index (κ1) is 21.3. The number of anilines is 1. The number of phenolic OH excluding ortho intramolecular Hbond substituents is 1. The molecule has 2 N–H and O–H groups in total. The largest absolute Gasteiger partial charge is 0.507 e. The van der Waals surface area contributed by atoms with Crippen LogP contribution in [0, 0.1) is 0 Å². The summed E-state index contributed by atoms with van der Waals surface area (Å²) in [6, 6.07) is 15.8. The number of nitrogens with zero attached hydrogens (tertiary/aromatic N) is 1. The summed E-state index contributed by atoms with van der Waals surface area (Å²) in [6.45, 7) is -0.567. The number of nitrogens with one attached hydrogen (secondary N) is 1. The number of hydrogen-bond acceptors (Lipinski definition) is 6. The summed E-state index contributed by atoms with van der Waals surface area (Å²) in [7, 11) is -0.720. The third-order valence-electron chi connectivity index (χ3n) is 4.33. The fourth-order valence-electron chi connectivity index (χ4n) is 2.72. The first-order valence-corrected chi connectivity index (χ1v) is 10.3. The molecule has 0 atom stereocenters. The Morgan fingerprint density at radius 1 is 1.00 bits per heavy atom. The molecule has 0 radical (unpaired) electrons. The van der Waals surface area contributed by atoms with Crippen LogP contribution in [0.2, 0.25) is 0 Å². The fraction of sp³-hybridized carbons (Fsp3) is 0.143. The van der Waals surface area contributed by atoms with Crippen LogP contribution in [0.4, 0.5) is 5.69 Å². The maximum atomic E-state index is 12.3. The van der Waals surface area contributed by atoms with Gasteiger partial charge in [0.1, 0.15) is 11.3 Å². The molecular formula is C21H20N2O6S. The topological polar surface area (TPSA) is 113 Å². The first-order chi connectivity index (χ1) is 14.2. The van der Waals surface area contributed by atoms with Crippen molar-refractivity contribution in [1.29, 1.82) is 0 Å². The van der Waals surface area contributed by atoms with E-state index >= 15 is 0 Å². The van der Waals surface area contributed by atoms with Crippen molar-refractivity contribution in [3.05, 3.63) is 66.2 Å². The molecule has 0 bridgehead atoms. The lowest BCUT2D eigenvalue weighted by Gasteiger charge is -2.12. The van der Waals surface area contributed by atoms with E-state index in [2.05, 4.69) is 5.32 Å². The van der Waals surface area contributed by atoms with Crippen molar-refractivity contribution in [2.75, 3.05) is 26.0 Å². The molecule has 0 saturated heterocycles. The van der Waals surface area contributed by atoms with Crippen molar-refractivity contribution in [1.82, 2.24) is 4.31 Å². The van der Waals surface area contributed by atoms with E-state index in [0.717, 1.165) is 15.1 Å². The second-order valence-electron chi connectivity index (χ2n) is 6.65. The molecule has 9 heteroatoms. The minimum absolute atomic E-state index is 0.0419. The van der Waals surface area contributed by atoms with Crippen LogP contribution in [0.25, 0.3) is 10.8 Å². The lowest BCUT2D eigenvalue weighted by atomic mass is 10.1. The molecule has 3 aromatic rings. The van der Waals surface area contributed by atoms with E-state index in [9.17, 15) is 23.1 Å². The molecule has 0 aliphatic rings. The number of hydrogen-bond donors (Lipinski definition) is 2. The Morgan fingerprint density at radius 2 is 1.60 bits per heavy atom. The molecule has 30 heavy (non-hydrogen) atoms. The molecule has 156 valence electrons. The summed E-state index contributed by atoms with van der Waals surface area (Å²) in [5, 5.41) is 14.1. The van der Waals surface area contributed by atoms with Crippen LogP contribution in [0.1, 0.15) is 10.4 Å². The fourth-order valence-corrected chi connectivity index (χ4v) is 3.62. The molecule has 8 nitrogen and oxygen atoms in total. The van der Waals surface area contributed by atoms with Gasteiger partial charge in [-0.15, -0.1) is 0 Å². The Labute approximate surface area is 173 Å². The van der Waals surface area contributed by atoms with E-state index < -0.39 is 28.5 Å². The minimum Gasteiger partial charge on any atom is -0.507 e. The number of benzene rings is 3. The minimum atomic E-state index is -3.57. The van der Waals surface area contributed by atoms with Crippen LogP contribution < -0.4 is 5.32 Å². The Balaban J connectivity index is 1.62. The average Bonchev–Trinajstić information content (AvgIpc) is 2.71. The zero-order valence-corrected chi connectivity index (χ0v) is 17.1. The molecule has 0 saturated carbocycles. The van der Waals surface area contributed by atoms with E-state index in [1.54, 1.807) is 18.2 Å². The zero-order valence-electron chi connectivity index (χ0n) is 16.3. The normalized spacial score (nSPS) is 11.4. The van der Waals surface area contributed by atoms with Gasteiger partial charge in [-0.25, -0.2) is 17.5 Å². The van der Waals surface area contributed by atoms with Gasteiger partial charge >= 0.3 is 5.97 Å². The number of ether oxygens (including phenoxy) is 1.